The number of rotatable bonds is 10. The number of halogens is 1. The Morgan fingerprint density at radius 3 is 2.48 bits per heavy atom. The van der Waals surface area contributed by atoms with E-state index in [1.165, 1.54) is 17.0 Å². The largest absolute Gasteiger partial charge is 0.484 e. The number of ether oxygens (including phenoxy) is 1. The number of nitrogens with one attached hydrogen (secondary N) is 1. The number of aryl methyl sites for hydroxylation is 1. The first-order chi connectivity index (χ1) is 13.9. The summed E-state index contributed by atoms with van der Waals surface area (Å²) in [5.41, 5.74) is 1.78. The Morgan fingerprint density at radius 2 is 1.86 bits per heavy atom. The van der Waals surface area contributed by atoms with Crippen molar-refractivity contribution in [3.8, 4) is 5.75 Å². The van der Waals surface area contributed by atoms with Crippen LogP contribution in [-0.2, 0) is 16.1 Å². The summed E-state index contributed by atoms with van der Waals surface area (Å²) >= 11 is 0. The van der Waals surface area contributed by atoms with Crippen LogP contribution in [0.5, 0.6) is 5.75 Å². The number of benzene rings is 2. The van der Waals surface area contributed by atoms with Crippen LogP contribution >= 0.6 is 0 Å². The van der Waals surface area contributed by atoms with Crippen molar-refractivity contribution < 1.29 is 18.7 Å². The molecule has 0 saturated carbocycles. The van der Waals surface area contributed by atoms with Crippen LogP contribution < -0.4 is 10.1 Å². The third kappa shape index (κ3) is 6.89. The first kappa shape index (κ1) is 22.4. The van der Waals surface area contributed by atoms with Crippen molar-refractivity contribution in [2.75, 3.05) is 13.2 Å². The van der Waals surface area contributed by atoms with Crippen molar-refractivity contribution in [1.82, 2.24) is 10.2 Å². The molecule has 0 heterocycles. The molecule has 0 saturated heterocycles. The van der Waals surface area contributed by atoms with Crippen molar-refractivity contribution in [2.24, 2.45) is 0 Å². The Kier molecular flexibility index (Phi) is 8.65. The average Bonchev–Trinajstić information content (AvgIpc) is 2.71. The van der Waals surface area contributed by atoms with Gasteiger partial charge in [-0.25, -0.2) is 4.39 Å². The van der Waals surface area contributed by atoms with E-state index in [1.54, 1.807) is 18.2 Å². The fraction of sp³-hybridized carbons (Fsp3) is 0.391. The van der Waals surface area contributed by atoms with Gasteiger partial charge in [-0.2, -0.15) is 0 Å². The van der Waals surface area contributed by atoms with Gasteiger partial charge in [0.05, 0.1) is 0 Å². The molecule has 2 amide bonds. The molecule has 2 aromatic carbocycles. The highest BCUT2D eigenvalue weighted by Crippen LogP contribution is 2.16. The van der Waals surface area contributed by atoms with Gasteiger partial charge in [-0.05, 0) is 55.2 Å². The normalized spacial score (nSPS) is 11.6. The number of amides is 2. The minimum absolute atomic E-state index is 0.178. The zero-order valence-electron chi connectivity index (χ0n) is 17.3. The fourth-order valence-electron chi connectivity index (χ4n) is 3.01. The summed E-state index contributed by atoms with van der Waals surface area (Å²) in [7, 11) is 0. The van der Waals surface area contributed by atoms with Crippen LogP contribution in [0.25, 0.3) is 0 Å². The lowest BCUT2D eigenvalue weighted by Crippen LogP contribution is -2.50. The van der Waals surface area contributed by atoms with Gasteiger partial charge in [-0.3, -0.25) is 9.59 Å². The van der Waals surface area contributed by atoms with E-state index in [0.717, 1.165) is 17.5 Å². The smallest absolute Gasteiger partial charge is 0.261 e. The van der Waals surface area contributed by atoms with Gasteiger partial charge in [0.2, 0.25) is 5.91 Å². The summed E-state index contributed by atoms with van der Waals surface area (Å²) in [6.07, 6.45) is 1.28. The molecular weight excluding hydrogens is 371 g/mol. The maximum absolute atomic E-state index is 13.3. The standard InChI is InChI=1S/C23H29FN2O3/c1-4-13-25-23(28)21(5-2)26(15-18-9-11-19(24)12-10-18)22(27)16-29-20-8-6-7-17(3)14-20/h6-12,14,21H,4-5,13,15-16H2,1-3H3,(H,25,28)/t21-/m0/s1. The second-order valence-electron chi connectivity index (χ2n) is 6.97. The van der Waals surface area contributed by atoms with E-state index < -0.39 is 6.04 Å². The second-order valence-corrected chi connectivity index (χ2v) is 6.97. The number of hydrogen-bond donors (Lipinski definition) is 1. The van der Waals surface area contributed by atoms with Crippen LogP contribution in [0, 0.1) is 12.7 Å². The molecule has 0 aliphatic heterocycles. The van der Waals surface area contributed by atoms with Crippen LogP contribution in [0.4, 0.5) is 4.39 Å². The van der Waals surface area contributed by atoms with E-state index in [2.05, 4.69) is 5.32 Å². The molecule has 0 unspecified atom stereocenters. The molecule has 0 fully saturated rings. The Morgan fingerprint density at radius 1 is 1.14 bits per heavy atom. The average molecular weight is 400 g/mol. The first-order valence-electron chi connectivity index (χ1n) is 9.95. The highest BCUT2D eigenvalue weighted by molar-refractivity contribution is 5.88. The van der Waals surface area contributed by atoms with Crippen molar-refractivity contribution >= 4 is 11.8 Å². The lowest BCUT2D eigenvalue weighted by molar-refractivity contribution is -0.143. The SMILES string of the molecule is CCCNC(=O)[C@H](CC)N(Cc1ccc(F)cc1)C(=O)COc1cccc(C)c1. The summed E-state index contributed by atoms with van der Waals surface area (Å²) < 4.78 is 18.9. The Hall–Kier alpha value is -2.89. The van der Waals surface area contributed by atoms with Gasteiger partial charge >= 0.3 is 0 Å². The number of nitrogens with zero attached hydrogens (tertiary/aromatic N) is 1. The van der Waals surface area contributed by atoms with Gasteiger partial charge < -0.3 is 15.0 Å². The number of carbonyl (C=O) groups excluding carboxylic acids is 2. The van der Waals surface area contributed by atoms with E-state index in [-0.39, 0.29) is 30.8 Å². The summed E-state index contributed by atoms with van der Waals surface area (Å²) in [4.78, 5) is 27.1. The van der Waals surface area contributed by atoms with Crippen LogP contribution in [0.2, 0.25) is 0 Å². The van der Waals surface area contributed by atoms with Gasteiger partial charge in [0.1, 0.15) is 17.6 Å². The molecule has 0 spiro atoms. The summed E-state index contributed by atoms with van der Waals surface area (Å²) in [5, 5.41) is 2.86. The molecule has 0 aliphatic rings. The molecule has 5 nitrogen and oxygen atoms in total. The molecule has 29 heavy (non-hydrogen) atoms. The van der Waals surface area contributed by atoms with Crippen LogP contribution in [-0.4, -0.2) is 35.9 Å². The molecule has 2 aromatic rings. The van der Waals surface area contributed by atoms with E-state index in [4.69, 9.17) is 4.74 Å². The molecule has 0 aromatic heterocycles. The van der Waals surface area contributed by atoms with Gasteiger partial charge in [0.25, 0.3) is 5.91 Å². The summed E-state index contributed by atoms with van der Waals surface area (Å²) in [6.45, 7) is 6.35. The van der Waals surface area contributed by atoms with E-state index >= 15 is 0 Å². The number of hydrogen-bond acceptors (Lipinski definition) is 3. The van der Waals surface area contributed by atoms with E-state index in [1.807, 2.05) is 39.0 Å². The third-order valence-corrected chi connectivity index (χ3v) is 4.55. The van der Waals surface area contributed by atoms with Crippen molar-refractivity contribution in [3.63, 3.8) is 0 Å². The highest BCUT2D eigenvalue weighted by Gasteiger charge is 2.28. The monoisotopic (exact) mass is 400 g/mol. The lowest BCUT2D eigenvalue weighted by atomic mass is 10.1. The minimum atomic E-state index is -0.625. The topological polar surface area (TPSA) is 58.6 Å². The zero-order chi connectivity index (χ0) is 21.2. The minimum Gasteiger partial charge on any atom is -0.484 e. The van der Waals surface area contributed by atoms with Gasteiger partial charge in [0.15, 0.2) is 6.61 Å². The molecule has 156 valence electrons. The van der Waals surface area contributed by atoms with Crippen LogP contribution in [0.15, 0.2) is 48.5 Å². The molecule has 2 rings (SSSR count). The summed E-state index contributed by atoms with van der Waals surface area (Å²) in [6, 6.07) is 12.7. The van der Waals surface area contributed by atoms with Gasteiger partial charge in [-0.1, -0.05) is 38.1 Å². The highest BCUT2D eigenvalue weighted by atomic mass is 19.1. The molecular formula is C23H29FN2O3. The number of carbonyl (C=O) groups is 2. The van der Waals surface area contributed by atoms with Crippen LogP contribution in [0.1, 0.15) is 37.8 Å². The molecule has 6 heteroatoms. The quantitative estimate of drug-likeness (QED) is 0.659. The fourth-order valence-corrected chi connectivity index (χ4v) is 3.01. The van der Waals surface area contributed by atoms with Crippen molar-refractivity contribution in [2.45, 2.75) is 46.2 Å². The second kappa shape index (κ2) is 11.2. The predicted octanol–water partition coefficient (Wildman–Crippen LogP) is 3.85. The molecule has 0 aliphatic carbocycles. The van der Waals surface area contributed by atoms with Gasteiger partial charge in [-0.15, -0.1) is 0 Å². The van der Waals surface area contributed by atoms with Crippen molar-refractivity contribution in [1.29, 1.82) is 0 Å². The van der Waals surface area contributed by atoms with E-state index in [0.29, 0.717) is 18.7 Å². The molecule has 1 N–H and O–H groups in total. The zero-order valence-corrected chi connectivity index (χ0v) is 17.3. The summed E-state index contributed by atoms with van der Waals surface area (Å²) in [5.74, 6) is -0.236. The third-order valence-electron chi connectivity index (χ3n) is 4.55. The molecule has 0 radical (unpaired) electrons. The van der Waals surface area contributed by atoms with Gasteiger partial charge in [0, 0.05) is 13.1 Å². The van der Waals surface area contributed by atoms with Crippen molar-refractivity contribution in [3.05, 3.63) is 65.5 Å². The molecule has 0 bridgehead atoms. The molecule has 1 atom stereocenters. The Balaban J connectivity index is 2.17. The first-order valence-corrected chi connectivity index (χ1v) is 9.95. The Bertz CT molecular complexity index is 808. The Labute approximate surface area is 171 Å². The maximum Gasteiger partial charge on any atom is 0.261 e. The lowest BCUT2D eigenvalue weighted by Gasteiger charge is -2.30. The van der Waals surface area contributed by atoms with Crippen LogP contribution in [0.3, 0.4) is 0 Å². The van der Waals surface area contributed by atoms with E-state index in [9.17, 15) is 14.0 Å². The predicted molar refractivity (Wildman–Crippen MR) is 111 cm³/mol. The maximum atomic E-state index is 13.3.